The molecule has 0 saturated heterocycles. The van der Waals surface area contributed by atoms with Gasteiger partial charge in [-0.1, -0.05) is 53.6 Å². The van der Waals surface area contributed by atoms with E-state index in [0.29, 0.717) is 15.9 Å². The van der Waals surface area contributed by atoms with Gasteiger partial charge in [0.15, 0.2) is 0 Å². The van der Waals surface area contributed by atoms with Gasteiger partial charge in [-0.15, -0.1) is 0 Å². The van der Waals surface area contributed by atoms with Crippen LogP contribution in [0.2, 0.25) is 0 Å². The number of hydrogen-bond donors (Lipinski definition) is 1. The number of halogens is 3. The highest BCUT2D eigenvalue weighted by atomic mass is 32.2. The Kier molecular flexibility index (Phi) is 9.06. The lowest BCUT2D eigenvalue weighted by Gasteiger charge is -2.32. The highest BCUT2D eigenvalue weighted by Crippen LogP contribution is 2.33. The number of anilines is 1. The van der Waals surface area contributed by atoms with Crippen LogP contribution >= 0.6 is 0 Å². The number of nitrogens with zero attached hydrogens (tertiary/aromatic N) is 2. The van der Waals surface area contributed by atoms with Crippen molar-refractivity contribution >= 4 is 27.5 Å². The third-order valence-electron chi connectivity index (χ3n) is 6.24. The molecule has 0 aliphatic rings. The second kappa shape index (κ2) is 11.9. The zero-order valence-corrected chi connectivity index (χ0v) is 22.8. The molecule has 0 aromatic heterocycles. The predicted molar refractivity (Wildman–Crippen MR) is 142 cm³/mol. The number of carbonyl (C=O) groups is 2. The van der Waals surface area contributed by atoms with Crippen LogP contribution in [0.5, 0.6) is 0 Å². The van der Waals surface area contributed by atoms with Gasteiger partial charge < -0.3 is 10.2 Å². The van der Waals surface area contributed by atoms with E-state index >= 15 is 0 Å². The zero-order valence-electron chi connectivity index (χ0n) is 22.0. The standard InChI is InChI=1S/C28H30F3N3O4S/c1-19-8-12-22(13-9-19)17-33(21(3)27(36)32-4)26(35)18-34(24-7-5-6-23(16-24)28(29,30)31)39(37,38)25-14-10-20(2)11-15-25/h5-16,21H,17-18H2,1-4H3,(H,32,36)/t21-/m0/s1. The van der Waals surface area contributed by atoms with E-state index in [4.69, 9.17) is 0 Å². The summed E-state index contributed by atoms with van der Waals surface area (Å²) in [6.07, 6.45) is -4.73. The summed E-state index contributed by atoms with van der Waals surface area (Å²) in [6, 6.07) is 15.8. The quantitative estimate of drug-likeness (QED) is 0.411. The highest BCUT2D eigenvalue weighted by molar-refractivity contribution is 7.92. The maximum Gasteiger partial charge on any atom is 0.416 e. The molecule has 0 radical (unpaired) electrons. The van der Waals surface area contributed by atoms with Gasteiger partial charge in [-0.25, -0.2) is 8.42 Å². The minimum atomic E-state index is -4.73. The minimum absolute atomic E-state index is 0.0191. The predicted octanol–water partition coefficient (Wildman–Crippen LogP) is 4.68. The molecule has 0 unspecified atom stereocenters. The van der Waals surface area contributed by atoms with Gasteiger partial charge >= 0.3 is 6.18 Å². The summed E-state index contributed by atoms with van der Waals surface area (Å²) in [7, 11) is -3.07. The Labute approximate surface area is 226 Å². The molecule has 1 atom stereocenters. The number of hydrogen-bond acceptors (Lipinski definition) is 4. The maximum atomic E-state index is 13.7. The molecule has 0 aliphatic heterocycles. The van der Waals surface area contributed by atoms with Crippen molar-refractivity contribution in [3.8, 4) is 0 Å². The van der Waals surface area contributed by atoms with Crippen LogP contribution in [0.1, 0.15) is 29.2 Å². The minimum Gasteiger partial charge on any atom is -0.357 e. The Hall–Kier alpha value is -3.86. The fourth-order valence-electron chi connectivity index (χ4n) is 3.89. The molecule has 11 heteroatoms. The number of rotatable bonds is 9. The van der Waals surface area contributed by atoms with Crippen LogP contribution in [0.3, 0.4) is 0 Å². The van der Waals surface area contributed by atoms with Gasteiger partial charge in [-0.2, -0.15) is 13.2 Å². The van der Waals surface area contributed by atoms with E-state index in [1.807, 2.05) is 19.1 Å². The van der Waals surface area contributed by atoms with Gasteiger partial charge in [0.25, 0.3) is 10.0 Å². The Bertz CT molecular complexity index is 1420. The fraction of sp³-hybridized carbons (Fsp3) is 0.286. The number of aryl methyl sites for hydroxylation is 2. The summed E-state index contributed by atoms with van der Waals surface area (Å²) in [5.41, 5.74) is 1.06. The van der Waals surface area contributed by atoms with Crippen LogP contribution in [0, 0.1) is 13.8 Å². The molecule has 3 aromatic rings. The number of nitrogens with one attached hydrogen (secondary N) is 1. The molecule has 208 valence electrons. The van der Waals surface area contributed by atoms with Crippen molar-refractivity contribution in [2.24, 2.45) is 0 Å². The first-order valence-electron chi connectivity index (χ1n) is 12.1. The second-order valence-corrected chi connectivity index (χ2v) is 11.0. The lowest BCUT2D eigenvalue weighted by Crippen LogP contribution is -2.50. The fourth-order valence-corrected chi connectivity index (χ4v) is 5.29. The largest absolute Gasteiger partial charge is 0.416 e. The van der Waals surface area contributed by atoms with Gasteiger partial charge in [-0.3, -0.25) is 13.9 Å². The van der Waals surface area contributed by atoms with Crippen molar-refractivity contribution in [3.63, 3.8) is 0 Å². The number of likely N-dealkylation sites (N-methyl/N-ethyl adjacent to an activating group) is 1. The lowest BCUT2D eigenvalue weighted by atomic mass is 10.1. The molecule has 1 N–H and O–H groups in total. The Morgan fingerprint density at radius 3 is 2.03 bits per heavy atom. The van der Waals surface area contributed by atoms with Gasteiger partial charge in [0.2, 0.25) is 11.8 Å². The van der Waals surface area contributed by atoms with E-state index in [2.05, 4.69) is 5.32 Å². The molecule has 39 heavy (non-hydrogen) atoms. The van der Waals surface area contributed by atoms with Crippen LogP contribution in [-0.2, 0) is 32.3 Å². The van der Waals surface area contributed by atoms with Crippen LogP contribution in [0.15, 0.2) is 77.7 Å². The summed E-state index contributed by atoms with van der Waals surface area (Å²) in [4.78, 5) is 27.2. The smallest absolute Gasteiger partial charge is 0.357 e. The Morgan fingerprint density at radius 1 is 0.923 bits per heavy atom. The molecule has 0 aliphatic carbocycles. The molecular weight excluding hydrogens is 531 g/mol. The SMILES string of the molecule is CNC(=O)[C@H](C)N(Cc1ccc(C)cc1)C(=O)CN(c1cccc(C(F)(F)F)c1)S(=O)(=O)c1ccc(C)cc1. The summed E-state index contributed by atoms with van der Waals surface area (Å²) in [5.74, 6) is -1.25. The van der Waals surface area contributed by atoms with Crippen molar-refractivity contribution in [1.29, 1.82) is 0 Å². The first-order chi connectivity index (χ1) is 18.2. The van der Waals surface area contributed by atoms with E-state index in [9.17, 15) is 31.2 Å². The number of amides is 2. The zero-order chi connectivity index (χ0) is 29.0. The van der Waals surface area contributed by atoms with Crippen molar-refractivity contribution in [3.05, 3.63) is 95.1 Å². The normalized spacial score (nSPS) is 12.5. The number of benzene rings is 3. The molecule has 0 heterocycles. The van der Waals surface area contributed by atoms with Gasteiger partial charge in [0.1, 0.15) is 12.6 Å². The van der Waals surface area contributed by atoms with E-state index in [1.54, 1.807) is 31.2 Å². The molecule has 2 amide bonds. The highest BCUT2D eigenvalue weighted by Gasteiger charge is 2.35. The summed E-state index contributed by atoms with van der Waals surface area (Å²) in [5, 5.41) is 2.48. The van der Waals surface area contributed by atoms with E-state index in [0.717, 1.165) is 23.3 Å². The number of carbonyl (C=O) groups excluding carboxylic acids is 2. The second-order valence-electron chi connectivity index (χ2n) is 9.17. The van der Waals surface area contributed by atoms with Crippen molar-refractivity contribution in [2.45, 2.75) is 44.4 Å². The van der Waals surface area contributed by atoms with E-state index in [-0.39, 0.29) is 17.1 Å². The lowest BCUT2D eigenvalue weighted by molar-refractivity contribution is -0.139. The van der Waals surface area contributed by atoms with Gasteiger partial charge in [0.05, 0.1) is 16.1 Å². The van der Waals surface area contributed by atoms with E-state index < -0.39 is 46.2 Å². The van der Waals surface area contributed by atoms with Gasteiger partial charge in [0, 0.05) is 13.6 Å². The first-order valence-corrected chi connectivity index (χ1v) is 13.5. The molecular formula is C28H30F3N3O4S. The third-order valence-corrected chi connectivity index (χ3v) is 8.02. The Balaban J connectivity index is 2.09. The first kappa shape index (κ1) is 29.7. The summed E-state index contributed by atoms with van der Waals surface area (Å²) < 4.78 is 68.6. The molecule has 3 aromatic carbocycles. The molecule has 0 spiro atoms. The summed E-state index contributed by atoms with van der Waals surface area (Å²) in [6.45, 7) is 4.30. The van der Waals surface area contributed by atoms with Crippen molar-refractivity contribution in [1.82, 2.24) is 10.2 Å². The van der Waals surface area contributed by atoms with Crippen LogP contribution in [0.4, 0.5) is 18.9 Å². The molecule has 0 bridgehead atoms. The number of alkyl halides is 3. The molecule has 0 saturated carbocycles. The van der Waals surface area contributed by atoms with Gasteiger partial charge in [-0.05, 0) is 56.7 Å². The summed E-state index contributed by atoms with van der Waals surface area (Å²) >= 11 is 0. The molecule has 0 fully saturated rings. The van der Waals surface area contributed by atoms with Crippen molar-refractivity contribution < 1.29 is 31.2 Å². The monoisotopic (exact) mass is 561 g/mol. The molecule has 7 nitrogen and oxygen atoms in total. The van der Waals surface area contributed by atoms with Crippen molar-refractivity contribution in [2.75, 3.05) is 17.9 Å². The van der Waals surface area contributed by atoms with E-state index in [1.165, 1.54) is 37.1 Å². The number of sulfonamides is 1. The third kappa shape index (κ3) is 7.17. The van der Waals surface area contributed by atoms with Crippen LogP contribution < -0.4 is 9.62 Å². The van der Waals surface area contributed by atoms with Crippen LogP contribution in [-0.4, -0.2) is 44.8 Å². The average Bonchev–Trinajstić information content (AvgIpc) is 2.90. The maximum absolute atomic E-state index is 13.7. The topological polar surface area (TPSA) is 86.8 Å². The average molecular weight is 562 g/mol. The Morgan fingerprint density at radius 2 is 1.49 bits per heavy atom. The molecule has 3 rings (SSSR count). The van der Waals surface area contributed by atoms with Crippen LogP contribution in [0.25, 0.3) is 0 Å².